The largest absolute Gasteiger partial charge is 0.358 e. The summed E-state index contributed by atoms with van der Waals surface area (Å²) in [4.78, 5) is 22.8. The first-order chi connectivity index (χ1) is 15.2. The number of piperidine rings is 1. The highest BCUT2D eigenvalue weighted by molar-refractivity contribution is 7.89. The SMILES string of the molecule is O=[N+]([O-])c1ccc(CN2CCC3(CC2)OCCN3S(=O)(=O)c2ccc([N+](=O)[O-])cc2)cc1. The van der Waals surface area contributed by atoms with Gasteiger partial charge in [0, 0.05) is 63.3 Å². The van der Waals surface area contributed by atoms with Gasteiger partial charge in [-0.2, -0.15) is 4.31 Å². The lowest BCUT2D eigenvalue weighted by Gasteiger charge is -2.42. The summed E-state index contributed by atoms with van der Waals surface area (Å²) in [6.07, 6.45) is 0.957. The van der Waals surface area contributed by atoms with Gasteiger partial charge in [-0.05, 0) is 17.7 Å². The van der Waals surface area contributed by atoms with Gasteiger partial charge in [0.1, 0.15) is 5.72 Å². The van der Waals surface area contributed by atoms with Crippen molar-refractivity contribution in [1.29, 1.82) is 0 Å². The van der Waals surface area contributed by atoms with Crippen LogP contribution in [0.25, 0.3) is 0 Å². The third-order valence-electron chi connectivity index (χ3n) is 5.95. The molecule has 170 valence electrons. The Morgan fingerprint density at radius 2 is 1.41 bits per heavy atom. The Balaban J connectivity index is 1.45. The molecular formula is C20H22N4O7S. The fraction of sp³-hybridized carbons (Fsp3) is 0.400. The molecule has 2 fully saturated rings. The van der Waals surface area contributed by atoms with Gasteiger partial charge in [0.05, 0.1) is 21.3 Å². The quantitative estimate of drug-likeness (QED) is 0.472. The smallest absolute Gasteiger partial charge is 0.269 e. The first kappa shape index (κ1) is 22.3. The van der Waals surface area contributed by atoms with Crippen molar-refractivity contribution in [3.05, 3.63) is 74.3 Å². The highest BCUT2D eigenvalue weighted by Crippen LogP contribution is 2.38. The summed E-state index contributed by atoms with van der Waals surface area (Å²) in [7, 11) is -3.88. The van der Waals surface area contributed by atoms with E-state index < -0.39 is 25.6 Å². The number of sulfonamides is 1. The lowest BCUT2D eigenvalue weighted by atomic mass is 10.00. The topological polar surface area (TPSA) is 136 Å². The van der Waals surface area contributed by atoms with E-state index >= 15 is 0 Å². The standard InChI is InChI=1S/C20H22N4O7S/c25-23(26)17-3-1-16(2-4-17)15-21-11-9-20(10-12-21)22(13-14-31-20)32(29,30)19-7-5-18(6-8-19)24(27)28/h1-8H,9-15H2. The van der Waals surface area contributed by atoms with Gasteiger partial charge in [-0.15, -0.1) is 0 Å². The van der Waals surface area contributed by atoms with Gasteiger partial charge < -0.3 is 4.74 Å². The number of likely N-dealkylation sites (tertiary alicyclic amines) is 1. The van der Waals surface area contributed by atoms with Crippen LogP contribution < -0.4 is 0 Å². The molecule has 12 heteroatoms. The van der Waals surface area contributed by atoms with Gasteiger partial charge in [0.25, 0.3) is 11.4 Å². The number of hydrogen-bond donors (Lipinski definition) is 0. The van der Waals surface area contributed by atoms with Crippen LogP contribution in [0, 0.1) is 20.2 Å². The molecule has 32 heavy (non-hydrogen) atoms. The van der Waals surface area contributed by atoms with Crippen LogP contribution in [0.2, 0.25) is 0 Å². The molecule has 0 unspecified atom stereocenters. The van der Waals surface area contributed by atoms with E-state index in [4.69, 9.17) is 4.74 Å². The van der Waals surface area contributed by atoms with Crippen LogP contribution in [-0.2, 0) is 21.3 Å². The Morgan fingerprint density at radius 1 is 0.875 bits per heavy atom. The Labute approximate surface area is 184 Å². The molecule has 4 rings (SSSR count). The van der Waals surface area contributed by atoms with Crippen molar-refractivity contribution >= 4 is 21.4 Å². The molecule has 0 bridgehead atoms. The number of benzene rings is 2. The van der Waals surface area contributed by atoms with E-state index in [0.717, 1.165) is 5.56 Å². The monoisotopic (exact) mass is 462 g/mol. The van der Waals surface area contributed by atoms with Gasteiger partial charge in [-0.25, -0.2) is 8.42 Å². The minimum absolute atomic E-state index is 0.00119. The first-order valence-electron chi connectivity index (χ1n) is 10.1. The second kappa shape index (κ2) is 8.54. The summed E-state index contributed by atoms with van der Waals surface area (Å²) < 4.78 is 33.8. The Kier molecular flexibility index (Phi) is 5.95. The highest BCUT2D eigenvalue weighted by atomic mass is 32.2. The normalized spacial score (nSPS) is 19.2. The zero-order valence-corrected chi connectivity index (χ0v) is 17.9. The summed E-state index contributed by atoms with van der Waals surface area (Å²) in [5, 5.41) is 21.7. The summed E-state index contributed by atoms with van der Waals surface area (Å²) >= 11 is 0. The highest BCUT2D eigenvalue weighted by Gasteiger charge is 2.50. The van der Waals surface area contributed by atoms with Gasteiger partial charge in [-0.3, -0.25) is 25.1 Å². The van der Waals surface area contributed by atoms with Gasteiger partial charge in [-0.1, -0.05) is 12.1 Å². The number of nitrogens with zero attached hydrogens (tertiary/aromatic N) is 4. The van der Waals surface area contributed by atoms with Crippen LogP contribution >= 0.6 is 0 Å². The number of non-ortho nitro benzene ring substituents is 2. The van der Waals surface area contributed by atoms with Gasteiger partial charge in [0.15, 0.2) is 0 Å². The van der Waals surface area contributed by atoms with Crippen molar-refractivity contribution in [3.8, 4) is 0 Å². The zero-order chi connectivity index (χ0) is 22.9. The van der Waals surface area contributed by atoms with Crippen molar-refractivity contribution in [2.45, 2.75) is 30.0 Å². The van der Waals surface area contributed by atoms with E-state index in [0.29, 0.717) is 32.5 Å². The Morgan fingerprint density at radius 3 is 1.94 bits per heavy atom. The van der Waals surface area contributed by atoms with Crippen molar-refractivity contribution in [2.24, 2.45) is 0 Å². The maximum atomic E-state index is 13.3. The second-order valence-electron chi connectivity index (χ2n) is 7.82. The molecule has 2 aliphatic heterocycles. The number of nitro groups is 2. The summed E-state index contributed by atoms with van der Waals surface area (Å²) in [5.74, 6) is 0. The summed E-state index contributed by atoms with van der Waals surface area (Å²) in [6, 6.07) is 11.3. The second-order valence-corrected chi connectivity index (χ2v) is 9.68. The number of hydrogen-bond acceptors (Lipinski definition) is 8. The lowest BCUT2D eigenvalue weighted by Crippen LogP contribution is -2.54. The minimum Gasteiger partial charge on any atom is -0.358 e. The maximum Gasteiger partial charge on any atom is 0.269 e. The third-order valence-corrected chi connectivity index (χ3v) is 7.91. The van der Waals surface area contributed by atoms with E-state index in [1.165, 1.54) is 40.7 Å². The van der Waals surface area contributed by atoms with Crippen LogP contribution in [0.5, 0.6) is 0 Å². The molecular weight excluding hydrogens is 440 g/mol. The molecule has 0 N–H and O–H groups in total. The van der Waals surface area contributed by atoms with Gasteiger partial charge in [0.2, 0.25) is 10.0 Å². The van der Waals surface area contributed by atoms with E-state index in [-0.39, 0.29) is 29.4 Å². The van der Waals surface area contributed by atoms with Crippen molar-refractivity contribution in [1.82, 2.24) is 9.21 Å². The molecule has 11 nitrogen and oxygen atoms in total. The molecule has 0 aromatic heterocycles. The molecule has 1 spiro atoms. The molecule has 0 aliphatic carbocycles. The van der Waals surface area contributed by atoms with E-state index in [1.54, 1.807) is 12.1 Å². The number of rotatable bonds is 6. The first-order valence-corrected chi connectivity index (χ1v) is 11.5. The van der Waals surface area contributed by atoms with E-state index in [1.807, 2.05) is 0 Å². The van der Waals surface area contributed by atoms with Crippen molar-refractivity contribution in [2.75, 3.05) is 26.2 Å². The zero-order valence-electron chi connectivity index (χ0n) is 17.1. The predicted octanol–water partition coefficient (Wildman–Crippen LogP) is 2.52. The summed E-state index contributed by atoms with van der Waals surface area (Å²) in [5.41, 5.74) is -0.130. The summed E-state index contributed by atoms with van der Waals surface area (Å²) in [6.45, 7) is 2.31. The molecule has 0 atom stereocenters. The fourth-order valence-corrected chi connectivity index (χ4v) is 5.96. The van der Waals surface area contributed by atoms with Crippen LogP contribution in [0.4, 0.5) is 11.4 Å². The van der Waals surface area contributed by atoms with Crippen LogP contribution in [0.3, 0.4) is 0 Å². The van der Waals surface area contributed by atoms with Crippen molar-refractivity contribution < 1.29 is 23.0 Å². The molecule has 0 radical (unpaired) electrons. The van der Waals surface area contributed by atoms with Crippen molar-refractivity contribution in [3.63, 3.8) is 0 Å². The Hall–Kier alpha value is -2.93. The minimum atomic E-state index is -3.88. The number of ether oxygens (including phenoxy) is 1. The third kappa shape index (κ3) is 4.21. The molecule has 0 amide bonds. The average Bonchev–Trinajstić information content (AvgIpc) is 3.20. The van der Waals surface area contributed by atoms with Gasteiger partial charge >= 0.3 is 0 Å². The molecule has 2 saturated heterocycles. The lowest BCUT2D eigenvalue weighted by molar-refractivity contribution is -0.385. The molecule has 0 saturated carbocycles. The van der Waals surface area contributed by atoms with Crippen LogP contribution in [0.15, 0.2) is 53.4 Å². The number of nitro benzene ring substituents is 2. The maximum absolute atomic E-state index is 13.3. The molecule has 2 aromatic rings. The van der Waals surface area contributed by atoms with E-state index in [9.17, 15) is 28.6 Å². The molecule has 2 heterocycles. The predicted molar refractivity (Wildman–Crippen MR) is 113 cm³/mol. The average molecular weight is 462 g/mol. The van der Waals surface area contributed by atoms with Crippen LogP contribution in [-0.4, -0.2) is 59.4 Å². The molecule has 2 aliphatic rings. The molecule has 2 aromatic carbocycles. The van der Waals surface area contributed by atoms with Crippen LogP contribution in [0.1, 0.15) is 18.4 Å². The Bertz CT molecular complexity index is 1110. The van der Waals surface area contributed by atoms with E-state index in [2.05, 4.69) is 4.90 Å². The fourth-order valence-electron chi connectivity index (χ4n) is 4.24.